The van der Waals surface area contributed by atoms with Crippen molar-refractivity contribution >= 4 is 17.7 Å². The van der Waals surface area contributed by atoms with Gasteiger partial charge in [-0.3, -0.25) is 0 Å². The normalized spacial score (nSPS) is 18.8. The maximum Gasteiger partial charge on any atom is 0.407 e. The minimum atomic E-state index is -0.402. The quantitative estimate of drug-likeness (QED) is 0.785. The summed E-state index contributed by atoms with van der Waals surface area (Å²) in [4.78, 5) is 21.4. The fourth-order valence-corrected chi connectivity index (χ4v) is 2.07. The molecule has 3 N–H and O–H groups in total. The molecule has 7 nitrogen and oxygen atoms in total. The molecule has 0 aromatic carbocycles. The molecule has 18 heavy (non-hydrogen) atoms. The minimum Gasteiger partial charge on any atom is -0.453 e. The van der Waals surface area contributed by atoms with Crippen LogP contribution in [0.15, 0.2) is 6.33 Å². The van der Waals surface area contributed by atoms with Gasteiger partial charge >= 0.3 is 6.09 Å². The molecule has 1 aliphatic rings. The third kappa shape index (κ3) is 2.44. The average molecular weight is 251 g/mol. The molecule has 1 atom stereocenters. The molecule has 0 saturated carbocycles. The number of hydrogen-bond donors (Lipinski definition) is 2. The summed E-state index contributed by atoms with van der Waals surface area (Å²) in [6.45, 7) is 3.42. The smallest absolute Gasteiger partial charge is 0.407 e. The first kappa shape index (κ1) is 12.4. The molecule has 0 aliphatic carbocycles. The van der Waals surface area contributed by atoms with Gasteiger partial charge in [0, 0.05) is 18.7 Å². The van der Waals surface area contributed by atoms with Crippen LogP contribution in [0, 0.1) is 6.92 Å². The highest BCUT2D eigenvalue weighted by molar-refractivity contribution is 5.67. The van der Waals surface area contributed by atoms with Gasteiger partial charge in [0.15, 0.2) is 0 Å². The van der Waals surface area contributed by atoms with Crippen molar-refractivity contribution in [3.8, 4) is 0 Å². The van der Waals surface area contributed by atoms with Gasteiger partial charge in [-0.25, -0.2) is 14.8 Å². The van der Waals surface area contributed by atoms with E-state index in [2.05, 4.69) is 24.9 Å². The van der Waals surface area contributed by atoms with Gasteiger partial charge in [0.1, 0.15) is 18.0 Å². The zero-order valence-electron chi connectivity index (χ0n) is 10.5. The van der Waals surface area contributed by atoms with Crippen LogP contribution in [0.1, 0.15) is 12.0 Å². The molecule has 1 saturated heterocycles. The van der Waals surface area contributed by atoms with E-state index >= 15 is 0 Å². The summed E-state index contributed by atoms with van der Waals surface area (Å²) in [6.07, 6.45) is 1.91. The summed E-state index contributed by atoms with van der Waals surface area (Å²) >= 11 is 0. The van der Waals surface area contributed by atoms with Crippen molar-refractivity contribution in [3.63, 3.8) is 0 Å². The van der Waals surface area contributed by atoms with E-state index in [1.165, 1.54) is 13.4 Å². The van der Waals surface area contributed by atoms with Crippen molar-refractivity contribution in [1.29, 1.82) is 0 Å². The van der Waals surface area contributed by atoms with Gasteiger partial charge in [-0.15, -0.1) is 0 Å². The minimum absolute atomic E-state index is 0.0769. The molecule has 1 aromatic heterocycles. The highest BCUT2D eigenvalue weighted by atomic mass is 16.5. The van der Waals surface area contributed by atoms with Gasteiger partial charge < -0.3 is 20.7 Å². The van der Waals surface area contributed by atoms with E-state index in [1.54, 1.807) is 0 Å². The fraction of sp³-hybridized carbons (Fsp3) is 0.545. The zero-order chi connectivity index (χ0) is 13.1. The maximum absolute atomic E-state index is 11.1. The standard InChI is InChI=1S/C11H17N5O2/c1-7-9(12)13-6-14-10(7)16-4-3-8(5-16)15-11(17)18-2/h6,8H,3-5H2,1-2H3,(H,15,17)(H2,12,13,14). The van der Waals surface area contributed by atoms with E-state index in [4.69, 9.17) is 5.73 Å². The topological polar surface area (TPSA) is 93.4 Å². The van der Waals surface area contributed by atoms with Crippen LogP contribution < -0.4 is 16.0 Å². The number of carbonyl (C=O) groups is 1. The number of carbonyl (C=O) groups excluding carboxylic acids is 1. The van der Waals surface area contributed by atoms with E-state index in [0.29, 0.717) is 12.4 Å². The van der Waals surface area contributed by atoms with Crippen molar-refractivity contribution < 1.29 is 9.53 Å². The molecule has 0 radical (unpaired) electrons. The third-order valence-electron chi connectivity index (χ3n) is 3.09. The first-order valence-corrected chi connectivity index (χ1v) is 5.78. The van der Waals surface area contributed by atoms with Crippen LogP contribution in [-0.2, 0) is 4.74 Å². The molecular formula is C11H17N5O2. The molecule has 2 rings (SSSR count). The summed E-state index contributed by atoms with van der Waals surface area (Å²) in [7, 11) is 1.36. The molecule has 1 unspecified atom stereocenters. The Kier molecular flexibility index (Phi) is 3.50. The Morgan fingerprint density at radius 2 is 2.39 bits per heavy atom. The van der Waals surface area contributed by atoms with Crippen LogP contribution in [0.25, 0.3) is 0 Å². The lowest BCUT2D eigenvalue weighted by Crippen LogP contribution is -2.37. The van der Waals surface area contributed by atoms with Crippen molar-refractivity contribution in [1.82, 2.24) is 15.3 Å². The summed E-state index contributed by atoms with van der Waals surface area (Å²) in [6, 6.07) is 0.0769. The first-order chi connectivity index (χ1) is 8.61. The highest BCUT2D eigenvalue weighted by Gasteiger charge is 2.26. The number of rotatable bonds is 2. The van der Waals surface area contributed by atoms with Crippen LogP contribution in [0.5, 0.6) is 0 Å². The SMILES string of the molecule is COC(=O)NC1CCN(c2ncnc(N)c2C)C1. The van der Waals surface area contributed by atoms with E-state index in [0.717, 1.165) is 24.3 Å². The Morgan fingerprint density at radius 1 is 1.61 bits per heavy atom. The monoisotopic (exact) mass is 251 g/mol. The summed E-state index contributed by atoms with van der Waals surface area (Å²) in [5.41, 5.74) is 6.63. The number of ether oxygens (including phenoxy) is 1. The Morgan fingerprint density at radius 3 is 3.11 bits per heavy atom. The lowest BCUT2D eigenvalue weighted by Gasteiger charge is -2.19. The number of nitrogens with two attached hydrogens (primary N) is 1. The molecule has 1 amide bonds. The van der Waals surface area contributed by atoms with E-state index in [1.807, 2.05) is 6.92 Å². The van der Waals surface area contributed by atoms with Crippen LogP contribution in [-0.4, -0.2) is 42.3 Å². The Balaban J connectivity index is 2.04. The van der Waals surface area contributed by atoms with E-state index < -0.39 is 6.09 Å². The number of alkyl carbamates (subject to hydrolysis) is 1. The maximum atomic E-state index is 11.1. The first-order valence-electron chi connectivity index (χ1n) is 5.78. The highest BCUT2D eigenvalue weighted by Crippen LogP contribution is 2.23. The summed E-state index contributed by atoms with van der Waals surface area (Å²) in [5.74, 6) is 1.32. The average Bonchev–Trinajstić information content (AvgIpc) is 2.80. The van der Waals surface area contributed by atoms with Gasteiger partial charge in [0.05, 0.1) is 13.2 Å². The number of nitrogens with one attached hydrogen (secondary N) is 1. The second kappa shape index (κ2) is 5.07. The second-order valence-electron chi connectivity index (χ2n) is 4.28. The molecule has 1 aromatic rings. The van der Waals surface area contributed by atoms with Gasteiger partial charge in [-0.1, -0.05) is 0 Å². The van der Waals surface area contributed by atoms with Crippen LogP contribution in [0.4, 0.5) is 16.4 Å². The molecule has 1 aliphatic heterocycles. The van der Waals surface area contributed by atoms with Gasteiger partial charge in [0.25, 0.3) is 0 Å². The van der Waals surface area contributed by atoms with Crippen molar-refractivity contribution in [2.75, 3.05) is 30.8 Å². The third-order valence-corrected chi connectivity index (χ3v) is 3.09. The van der Waals surface area contributed by atoms with Crippen LogP contribution in [0.2, 0.25) is 0 Å². The van der Waals surface area contributed by atoms with Crippen molar-refractivity contribution in [2.45, 2.75) is 19.4 Å². The molecule has 98 valence electrons. The number of aromatic nitrogens is 2. The summed E-state index contributed by atoms with van der Waals surface area (Å²) < 4.78 is 4.58. The largest absolute Gasteiger partial charge is 0.453 e. The Labute approximate surface area is 105 Å². The number of amides is 1. The molecule has 0 bridgehead atoms. The second-order valence-corrected chi connectivity index (χ2v) is 4.28. The fourth-order valence-electron chi connectivity index (χ4n) is 2.07. The molecule has 0 spiro atoms. The lowest BCUT2D eigenvalue weighted by molar-refractivity contribution is 0.167. The Hall–Kier alpha value is -2.05. The number of anilines is 2. The molecule has 1 fully saturated rings. The number of nitrogen functional groups attached to an aromatic ring is 1. The summed E-state index contributed by atoms with van der Waals surface area (Å²) in [5, 5.41) is 2.78. The van der Waals surface area contributed by atoms with Crippen molar-refractivity contribution in [3.05, 3.63) is 11.9 Å². The predicted molar refractivity (Wildman–Crippen MR) is 67.3 cm³/mol. The van der Waals surface area contributed by atoms with E-state index in [9.17, 15) is 4.79 Å². The predicted octanol–water partition coefficient (Wildman–Crippen LogP) is 0.302. The van der Waals surface area contributed by atoms with Crippen molar-refractivity contribution in [2.24, 2.45) is 0 Å². The van der Waals surface area contributed by atoms with Gasteiger partial charge in [-0.2, -0.15) is 0 Å². The number of methoxy groups -OCH3 is 1. The van der Waals surface area contributed by atoms with Crippen LogP contribution >= 0.6 is 0 Å². The van der Waals surface area contributed by atoms with Gasteiger partial charge in [-0.05, 0) is 13.3 Å². The number of hydrogen-bond acceptors (Lipinski definition) is 6. The lowest BCUT2D eigenvalue weighted by atomic mass is 10.3. The van der Waals surface area contributed by atoms with E-state index in [-0.39, 0.29) is 6.04 Å². The Bertz CT molecular complexity index is 451. The molecular weight excluding hydrogens is 234 g/mol. The van der Waals surface area contributed by atoms with Crippen LogP contribution in [0.3, 0.4) is 0 Å². The zero-order valence-corrected chi connectivity index (χ0v) is 10.5. The molecule has 7 heteroatoms. The number of nitrogens with zero attached hydrogens (tertiary/aromatic N) is 3. The van der Waals surface area contributed by atoms with Gasteiger partial charge in [0.2, 0.25) is 0 Å². The molecule has 2 heterocycles.